The highest BCUT2D eigenvalue weighted by Crippen LogP contribution is 2.30. The fourth-order valence-electron chi connectivity index (χ4n) is 2.25. The Morgan fingerprint density at radius 1 is 0.963 bits per heavy atom. The molecule has 0 radical (unpaired) electrons. The van der Waals surface area contributed by atoms with E-state index in [0.29, 0.717) is 18.9 Å². The van der Waals surface area contributed by atoms with Gasteiger partial charge in [-0.25, -0.2) is 9.18 Å². The minimum absolute atomic E-state index is 0.215. The molecule has 0 heterocycles. The molecule has 0 aromatic heterocycles. The van der Waals surface area contributed by atoms with Crippen LogP contribution in [-0.4, -0.2) is 36.8 Å². The molecule has 2 aromatic rings. The SMILES string of the molecule is CCOc1cc(F)ccc1NC(=O)c1ccc(OCC(=O)O)c(OCC)c1. The number of amides is 1. The number of hydrogen-bond acceptors (Lipinski definition) is 5. The van der Waals surface area contributed by atoms with Crippen LogP contribution in [-0.2, 0) is 4.79 Å². The molecule has 2 aromatic carbocycles. The van der Waals surface area contributed by atoms with Crippen molar-refractivity contribution in [2.24, 2.45) is 0 Å². The van der Waals surface area contributed by atoms with Crippen LogP contribution in [0.1, 0.15) is 24.2 Å². The van der Waals surface area contributed by atoms with Crippen molar-refractivity contribution in [3.05, 3.63) is 47.8 Å². The molecule has 0 saturated heterocycles. The Labute approximate surface area is 155 Å². The summed E-state index contributed by atoms with van der Waals surface area (Å²) in [5.41, 5.74) is 0.584. The molecule has 0 bridgehead atoms. The molecule has 144 valence electrons. The number of halogens is 1. The van der Waals surface area contributed by atoms with E-state index in [2.05, 4.69) is 5.32 Å². The molecule has 0 aliphatic carbocycles. The van der Waals surface area contributed by atoms with E-state index in [0.717, 1.165) is 0 Å². The van der Waals surface area contributed by atoms with Gasteiger partial charge in [-0.1, -0.05) is 0 Å². The quantitative estimate of drug-likeness (QED) is 0.696. The second kappa shape index (κ2) is 9.42. The average molecular weight is 377 g/mol. The number of anilines is 1. The number of benzene rings is 2. The molecule has 0 spiro atoms. The first-order valence-electron chi connectivity index (χ1n) is 8.29. The fraction of sp³-hybridized carbons (Fsp3) is 0.263. The van der Waals surface area contributed by atoms with Gasteiger partial charge < -0.3 is 24.6 Å². The summed E-state index contributed by atoms with van der Waals surface area (Å²) in [6.45, 7) is 3.59. The Hall–Kier alpha value is -3.29. The molecular weight excluding hydrogens is 357 g/mol. The van der Waals surface area contributed by atoms with Crippen LogP contribution in [0.2, 0.25) is 0 Å². The first-order valence-corrected chi connectivity index (χ1v) is 8.29. The van der Waals surface area contributed by atoms with Crippen LogP contribution in [0.4, 0.5) is 10.1 Å². The number of carbonyl (C=O) groups excluding carboxylic acids is 1. The maximum absolute atomic E-state index is 13.4. The van der Waals surface area contributed by atoms with E-state index >= 15 is 0 Å². The van der Waals surface area contributed by atoms with Gasteiger partial charge in [-0.15, -0.1) is 0 Å². The van der Waals surface area contributed by atoms with E-state index in [1.807, 2.05) is 0 Å². The third kappa shape index (κ3) is 5.60. The van der Waals surface area contributed by atoms with Crippen LogP contribution >= 0.6 is 0 Å². The predicted molar refractivity (Wildman–Crippen MR) is 96.3 cm³/mol. The molecule has 1 amide bonds. The first kappa shape index (κ1) is 20.0. The number of nitrogens with one attached hydrogen (secondary N) is 1. The molecule has 0 unspecified atom stereocenters. The highest BCUT2D eigenvalue weighted by Gasteiger charge is 2.15. The van der Waals surface area contributed by atoms with E-state index in [9.17, 15) is 14.0 Å². The summed E-state index contributed by atoms with van der Waals surface area (Å²) in [6.07, 6.45) is 0. The van der Waals surface area contributed by atoms with Gasteiger partial charge in [0, 0.05) is 11.6 Å². The van der Waals surface area contributed by atoms with E-state index in [1.165, 1.54) is 36.4 Å². The molecule has 27 heavy (non-hydrogen) atoms. The van der Waals surface area contributed by atoms with Crippen molar-refractivity contribution in [1.29, 1.82) is 0 Å². The standard InChI is InChI=1S/C19H20FNO6/c1-3-25-16-10-13(20)6-7-14(16)21-19(24)12-5-8-15(27-11-18(22)23)17(9-12)26-4-2/h5-10H,3-4,11H2,1-2H3,(H,21,24)(H,22,23). The molecule has 0 aliphatic heterocycles. The summed E-state index contributed by atoms with van der Waals surface area (Å²) >= 11 is 0. The van der Waals surface area contributed by atoms with Crippen LogP contribution in [0, 0.1) is 5.82 Å². The van der Waals surface area contributed by atoms with Gasteiger partial charge in [0.05, 0.1) is 18.9 Å². The second-order valence-corrected chi connectivity index (χ2v) is 5.30. The van der Waals surface area contributed by atoms with Crippen LogP contribution in [0.5, 0.6) is 17.2 Å². The highest BCUT2D eigenvalue weighted by molar-refractivity contribution is 6.05. The highest BCUT2D eigenvalue weighted by atomic mass is 19.1. The Morgan fingerprint density at radius 2 is 1.67 bits per heavy atom. The molecular formula is C19H20FNO6. The van der Waals surface area contributed by atoms with Gasteiger partial charge >= 0.3 is 5.97 Å². The molecule has 0 saturated carbocycles. The van der Waals surface area contributed by atoms with Crippen LogP contribution in [0.3, 0.4) is 0 Å². The van der Waals surface area contributed by atoms with Gasteiger partial charge in [-0.2, -0.15) is 0 Å². The van der Waals surface area contributed by atoms with Crippen molar-refractivity contribution in [1.82, 2.24) is 0 Å². The number of ether oxygens (including phenoxy) is 3. The van der Waals surface area contributed by atoms with Crippen molar-refractivity contribution < 1.29 is 33.3 Å². The van der Waals surface area contributed by atoms with Crippen LogP contribution in [0.25, 0.3) is 0 Å². The van der Waals surface area contributed by atoms with Gasteiger partial charge in [0.25, 0.3) is 5.91 Å². The van der Waals surface area contributed by atoms with E-state index in [1.54, 1.807) is 13.8 Å². The molecule has 0 aliphatic rings. The maximum Gasteiger partial charge on any atom is 0.341 e. The van der Waals surface area contributed by atoms with Crippen molar-refractivity contribution in [3.8, 4) is 17.2 Å². The normalized spacial score (nSPS) is 10.2. The van der Waals surface area contributed by atoms with E-state index in [-0.39, 0.29) is 22.8 Å². The zero-order valence-electron chi connectivity index (χ0n) is 15.0. The molecule has 0 fully saturated rings. The van der Waals surface area contributed by atoms with Crippen molar-refractivity contribution >= 4 is 17.6 Å². The number of carboxylic acid groups (broad SMARTS) is 1. The Balaban J connectivity index is 2.23. The third-order valence-electron chi connectivity index (χ3n) is 3.35. The van der Waals surface area contributed by atoms with E-state index < -0.39 is 24.3 Å². The van der Waals surface area contributed by atoms with Gasteiger partial charge in [-0.05, 0) is 44.2 Å². The molecule has 0 atom stereocenters. The zero-order valence-corrected chi connectivity index (χ0v) is 15.0. The molecule has 8 heteroatoms. The number of aliphatic carboxylic acids is 1. The van der Waals surface area contributed by atoms with Gasteiger partial charge in [0.15, 0.2) is 18.1 Å². The monoisotopic (exact) mass is 377 g/mol. The molecule has 2 N–H and O–H groups in total. The summed E-state index contributed by atoms with van der Waals surface area (Å²) in [5.74, 6) is -1.39. The van der Waals surface area contributed by atoms with Crippen LogP contribution in [0.15, 0.2) is 36.4 Å². The number of carboxylic acids is 1. The van der Waals surface area contributed by atoms with Crippen molar-refractivity contribution in [2.45, 2.75) is 13.8 Å². The average Bonchev–Trinajstić information content (AvgIpc) is 2.63. The Bertz CT molecular complexity index is 824. The second-order valence-electron chi connectivity index (χ2n) is 5.30. The summed E-state index contributed by atoms with van der Waals surface area (Å²) in [7, 11) is 0. The predicted octanol–water partition coefficient (Wildman–Crippen LogP) is 3.34. The maximum atomic E-state index is 13.4. The van der Waals surface area contributed by atoms with E-state index in [4.69, 9.17) is 19.3 Å². The number of hydrogen-bond donors (Lipinski definition) is 2. The summed E-state index contributed by atoms with van der Waals surface area (Å²) in [4.78, 5) is 23.2. The zero-order chi connectivity index (χ0) is 19.8. The lowest BCUT2D eigenvalue weighted by molar-refractivity contribution is -0.139. The minimum Gasteiger partial charge on any atom is -0.492 e. The molecule has 2 rings (SSSR count). The first-order chi connectivity index (χ1) is 12.9. The third-order valence-corrected chi connectivity index (χ3v) is 3.35. The largest absolute Gasteiger partial charge is 0.492 e. The lowest BCUT2D eigenvalue weighted by Crippen LogP contribution is -2.14. The number of carbonyl (C=O) groups is 2. The summed E-state index contributed by atoms with van der Waals surface area (Å²) in [6, 6.07) is 8.18. The minimum atomic E-state index is -1.13. The summed E-state index contributed by atoms with van der Waals surface area (Å²) < 4.78 is 29.3. The summed E-state index contributed by atoms with van der Waals surface area (Å²) in [5, 5.41) is 11.4. The number of rotatable bonds is 9. The lowest BCUT2D eigenvalue weighted by Gasteiger charge is -2.14. The van der Waals surface area contributed by atoms with Gasteiger partial charge in [0.1, 0.15) is 11.6 Å². The van der Waals surface area contributed by atoms with Crippen molar-refractivity contribution in [3.63, 3.8) is 0 Å². The Kier molecular flexibility index (Phi) is 6.99. The lowest BCUT2D eigenvalue weighted by atomic mass is 10.1. The van der Waals surface area contributed by atoms with Crippen LogP contribution < -0.4 is 19.5 Å². The fourth-order valence-corrected chi connectivity index (χ4v) is 2.25. The van der Waals surface area contributed by atoms with Gasteiger partial charge in [0.2, 0.25) is 0 Å². The smallest absolute Gasteiger partial charge is 0.341 e. The Morgan fingerprint density at radius 3 is 2.33 bits per heavy atom. The van der Waals surface area contributed by atoms with Crippen molar-refractivity contribution in [2.75, 3.05) is 25.1 Å². The topological polar surface area (TPSA) is 94.1 Å². The van der Waals surface area contributed by atoms with Gasteiger partial charge in [-0.3, -0.25) is 4.79 Å². The molecule has 7 nitrogen and oxygen atoms in total.